The highest BCUT2D eigenvalue weighted by Crippen LogP contribution is 2.29. The van der Waals surface area contributed by atoms with Crippen LogP contribution in [-0.2, 0) is 0 Å². The van der Waals surface area contributed by atoms with Gasteiger partial charge in [-0.2, -0.15) is 0 Å². The summed E-state index contributed by atoms with van der Waals surface area (Å²) in [6.45, 7) is 0. The van der Waals surface area contributed by atoms with E-state index in [9.17, 15) is 10.1 Å². The molecular weight excluding hydrogens is 278 g/mol. The Labute approximate surface area is 127 Å². The number of nitrogens with one attached hydrogen (secondary N) is 1. The molecule has 0 fully saturated rings. The Morgan fingerprint density at radius 1 is 0.909 bits per heavy atom. The first-order valence-electron chi connectivity index (χ1n) is 6.76. The molecule has 108 valence electrons. The summed E-state index contributed by atoms with van der Waals surface area (Å²) in [5, 5.41) is 13.9. The van der Waals surface area contributed by atoms with Crippen LogP contribution in [0.1, 0.15) is 0 Å². The molecule has 3 rings (SSSR count). The summed E-state index contributed by atoms with van der Waals surface area (Å²) < 4.78 is 0. The average Bonchev–Trinajstić information content (AvgIpc) is 2.57. The maximum absolute atomic E-state index is 10.7. The molecule has 0 aliphatic rings. The fourth-order valence-corrected chi connectivity index (χ4v) is 2.17. The summed E-state index contributed by atoms with van der Waals surface area (Å²) in [6, 6.07) is 20.9. The molecule has 5 heteroatoms. The van der Waals surface area contributed by atoms with Crippen LogP contribution < -0.4 is 5.32 Å². The Morgan fingerprint density at radius 3 is 2.32 bits per heavy atom. The number of hydrogen-bond acceptors (Lipinski definition) is 4. The molecule has 0 bridgehead atoms. The number of para-hydroxylation sites is 1. The number of rotatable bonds is 4. The van der Waals surface area contributed by atoms with Gasteiger partial charge in [0.05, 0.1) is 4.92 Å². The van der Waals surface area contributed by atoms with E-state index in [1.807, 2.05) is 54.6 Å². The van der Waals surface area contributed by atoms with Gasteiger partial charge in [-0.15, -0.1) is 0 Å². The first kappa shape index (κ1) is 13.8. The third kappa shape index (κ3) is 2.93. The fraction of sp³-hybridized carbons (Fsp3) is 0. The summed E-state index contributed by atoms with van der Waals surface area (Å²) in [7, 11) is 0. The largest absolute Gasteiger partial charge is 0.340 e. The lowest BCUT2D eigenvalue weighted by Crippen LogP contribution is -1.96. The second-order valence-electron chi connectivity index (χ2n) is 4.70. The van der Waals surface area contributed by atoms with E-state index in [-0.39, 0.29) is 5.69 Å². The standard InChI is InChI=1S/C17H13N3O2/c21-20(22)14-10-11-17(18-12-14)19-16-9-5-4-8-15(16)13-6-2-1-3-7-13/h1-12H,(H,18,19). The van der Waals surface area contributed by atoms with E-state index >= 15 is 0 Å². The Morgan fingerprint density at radius 2 is 1.64 bits per heavy atom. The number of anilines is 2. The van der Waals surface area contributed by atoms with Gasteiger partial charge in [-0.1, -0.05) is 48.5 Å². The topological polar surface area (TPSA) is 68.1 Å². The highest BCUT2D eigenvalue weighted by atomic mass is 16.6. The van der Waals surface area contributed by atoms with Crippen LogP contribution >= 0.6 is 0 Å². The summed E-state index contributed by atoms with van der Waals surface area (Å²) >= 11 is 0. The minimum atomic E-state index is -0.464. The summed E-state index contributed by atoms with van der Waals surface area (Å²) in [4.78, 5) is 14.3. The van der Waals surface area contributed by atoms with E-state index in [0.29, 0.717) is 5.82 Å². The molecule has 2 aromatic carbocycles. The van der Waals surface area contributed by atoms with Gasteiger partial charge in [0, 0.05) is 17.3 Å². The Kier molecular flexibility index (Phi) is 3.78. The van der Waals surface area contributed by atoms with Crippen LogP contribution in [0.5, 0.6) is 0 Å². The van der Waals surface area contributed by atoms with Crippen LogP contribution in [0.3, 0.4) is 0 Å². The summed E-state index contributed by atoms with van der Waals surface area (Å²) in [5.41, 5.74) is 3.01. The molecule has 0 radical (unpaired) electrons. The zero-order chi connectivity index (χ0) is 15.4. The van der Waals surface area contributed by atoms with E-state index in [2.05, 4.69) is 10.3 Å². The van der Waals surface area contributed by atoms with Gasteiger partial charge in [0.15, 0.2) is 0 Å². The number of nitro groups is 1. The van der Waals surface area contributed by atoms with Gasteiger partial charge >= 0.3 is 0 Å². The zero-order valence-corrected chi connectivity index (χ0v) is 11.6. The van der Waals surface area contributed by atoms with E-state index in [1.165, 1.54) is 12.3 Å². The van der Waals surface area contributed by atoms with Crippen LogP contribution in [0.15, 0.2) is 72.9 Å². The smallest absolute Gasteiger partial charge is 0.287 e. The maximum Gasteiger partial charge on any atom is 0.287 e. The van der Waals surface area contributed by atoms with Crippen LogP contribution in [-0.4, -0.2) is 9.91 Å². The first-order valence-corrected chi connectivity index (χ1v) is 6.76. The van der Waals surface area contributed by atoms with Crippen molar-refractivity contribution in [1.82, 2.24) is 4.98 Å². The molecule has 0 spiro atoms. The van der Waals surface area contributed by atoms with E-state index < -0.39 is 4.92 Å². The highest BCUT2D eigenvalue weighted by molar-refractivity contribution is 5.80. The quantitative estimate of drug-likeness (QED) is 0.571. The van der Waals surface area contributed by atoms with Gasteiger partial charge in [0.25, 0.3) is 5.69 Å². The predicted octanol–water partition coefficient (Wildman–Crippen LogP) is 4.40. The van der Waals surface area contributed by atoms with Crippen molar-refractivity contribution in [3.63, 3.8) is 0 Å². The van der Waals surface area contributed by atoms with Gasteiger partial charge < -0.3 is 5.32 Å². The Bertz CT molecular complexity index is 787. The molecule has 0 aliphatic carbocycles. The van der Waals surface area contributed by atoms with E-state index in [1.54, 1.807) is 6.07 Å². The average molecular weight is 291 g/mol. The third-order valence-electron chi connectivity index (χ3n) is 3.23. The molecule has 5 nitrogen and oxygen atoms in total. The van der Waals surface area contributed by atoms with Crippen molar-refractivity contribution in [2.45, 2.75) is 0 Å². The molecule has 1 heterocycles. The second kappa shape index (κ2) is 6.05. The lowest BCUT2D eigenvalue weighted by molar-refractivity contribution is -0.385. The van der Waals surface area contributed by atoms with Crippen molar-refractivity contribution in [2.75, 3.05) is 5.32 Å². The number of pyridine rings is 1. The molecule has 0 saturated carbocycles. The fourth-order valence-electron chi connectivity index (χ4n) is 2.17. The SMILES string of the molecule is O=[N+]([O-])c1ccc(Nc2ccccc2-c2ccccc2)nc1. The molecule has 0 atom stereocenters. The van der Waals surface area contributed by atoms with Crippen molar-refractivity contribution in [3.05, 3.63) is 83.0 Å². The summed E-state index contributed by atoms with van der Waals surface area (Å²) in [6.07, 6.45) is 1.24. The normalized spacial score (nSPS) is 10.2. The van der Waals surface area contributed by atoms with Gasteiger partial charge in [0.1, 0.15) is 12.0 Å². The predicted molar refractivity (Wildman–Crippen MR) is 86.1 cm³/mol. The van der Waals surface area contributed by atoms with Crippen LogP contribution in [0.25, 0.3) is 11.1 Å². The molecule has 1 N–H and O–H groups in total. The maximum atomic E-state index is 10.7. The Balaban J connectivity index is 1.91. The van der Waals surface area contributed by atoms with Gasteiger partial charge in [0.2, 0.25) is 0 Å². The molecule has 0 aliphatic heterocycles. The van der Waals surface area contributed by atoms with Crippen LogP contribution in [0.4, 0.5) is 17.2 Å². The van der Waals surface area contributed by atoms with Crippen molar-refractivity contribution < 1.29 is 4.92 Å². The molecule has 22 heavy (non-hydrogen) atoms. The highest BCUT2D eigenvalue weighted by Gasteiger charge is 2.08. The molecule has 0 unspecified atom stereocenters. The number of hydrogen-bond donors (Lipinski definition) is 1. The zero-order valence-electron chi connectivity index (χ0n) is 11.6. The third-order valence-corrected chi connectivity index (χ3v) is 3.23. The molecular formula is C17H13N3O2. The van der Waals surface area contributed by atoms with E-state index in [4.69, 9.17) is 0 Å². The first-order chi connectivity index (χ1) is 10.7. The van der Waals surface area contributed by atoms with Gasteiger partial charge in [-0.05, 0) is 17.7 Å². The van der Waals surface area contributed by atoms with Crippen molar-refractivity contribution >= 4 is 17.2 Å². The summed E-state index contributed by atoms with van der Waals surface area (Å²) in [5.74, 6) is 0.564. The molecule has 3 aromatic rings. The van der Waals surface area contributed by atoms with Gasteiger partial charge in [-0.25, -0.2) is 4.98 Å². The Hall–Kier alpha value is -3.21. The van der Waals surface area contributed by atoms with Crippen LogP contribution in [0.2, 0.25) is 0 Å². The minimum Gasteiger partial charge on any atom is -0.340 e. The lowest BCUT2D eigenvalue weighted by Gasteiger charge is -2.11. The number of aromatic nitrogens is 1. The van der Waals surface area contributed by atoms with Crippen LogP contribution in [0, 0.1) is 10.1 Å². The minimum absolute atomic E-state index is 0.0260. The second-order valence-corrected chi connectivity index (χ2v) is 4.70. The molecule has 1 aromatic heterocycles. The molecule has 0 saturated heterocycles. The van der Waals surface area contributed by atoms with Crippen molar-refractivity contribution in [3.8, 4) is 11.1 Å². The number of nitrogens with zero attached hydrogens (tertiary/aromatic N) is 2. The number of benzene rings is 2. The van der Waals surface area contributed by atoms with E-state index in [0.717, 1.165) is 16.8 Å². The molecule has 0 amide bonds. The van der Waals surface area contributed by atoms with Crippen molar-refractivity contribution in [1.29, 1.82) is 0 Å². The van der Waals surface area contributed by atoms with Gasteiger partial charge in [-0.3, -0.25) is 10.1 Å². The lowest BCUT2D eigenvalue weighted by atomic mass is 10.0. The monoisotopic (exact) mass is 291 g/mol. The van der Waals surface area contributed by atoms with Crippen molar-refractivity contribution in [2.24, 2.45) is 0 Å².